The first-order chi connectivity index (χ1) is 16.6. The van der Waals surface area contributed by atoms with Gasteiger partial charge in [-0.15, -0.1) is 0 Å². The maximum absolute atomic E-state index is 11.6. The van der Waals surface area contributed by atoms with Crippen molar-refractivity contribution in [2.75, 3.05) is 13.2 Å². The van der Waals surface area contributed by atoms with E-state index in [1.54, 1.807) is 0 Å². The van der Waals surface area contributed by atoms with Crippen molar-refractivity contribution in [3.63, 3.8) is 0 Å². The van der Waals surface area contributed by atoms with Crippen LogP contribution >= 0.6 is 0 Å². The first-order valence-corrected chi connectivity index (χ1v) is 11.2. The van der Waals surface area contributed by atoms with Crippen molar-refractivity contribution >= 4 is 0 Å². The third-order valence-electron chi connectivity index (χ3n) is 5.39. The summed E-state index contributed by atoms with van der Waals surface area (Å²) in [5, 5.41) is 19.1. The maximum atomic E-state index is 11.6. The van der Waals surface area contributed by atoms with Crippen LogP contribution in [-0.2, 0) is 17.7 Å². The molecule has 1 aliphatic rings. The van der Waals surface area contributed by atoms with E-state index in [9.17, 15) is 9.90 Å². The second kappa shape index (κ2) is 13.0. The average Bonchev–Trinajstić information content (AvgIpc) is 3.46. The molecule has 1 aliphatic heterocycles. The van der Waals surface area contributed by atoms with E-state index in [2.05, 4.69) is 27.9 Å². The van der Waals surface area contributed by atoms with Gasteiger partial charge in [0.1, 0.15) is 0 Å². The first kappa shape index (κ1) is 24.7. The molecular formula is C27H28N4O3. The number of nitrogens with one attached hydrogen (secondary N) is 1. The molecule has 1 unspecified atom stereocenters. The molecule has 4 rings (SSSR count). The highest BCUT2D eigenvalue weighted by Crippen LogP contribution is 2.26. The van der Waals surface area contributed by atoms with Crippen LogP contribution in [0.4, 0.5) is 0 Å². The Kier molecular flexibility index (Phi) is 9.42. The van der Waals surface area contributed by atoms with Gasteiger partial charge in [-0.25, -0.2) is 4.98 Å². The Morgan fingerprint density at radius 1 is 1.03 bits per heavy atom. The monoisotopic (exact) mass is 456 g/mol. The molecule has 1 atom stereocenters. The molecule has 2 aromatic carbocycles. The molecule has 1 aromatic heterocycles. The van der Waals surface area contributed by atoms with Gasteiger partial charge in [-0.05, 0) is 54.7 Å². The third kappa shape index (κ3) is 7.31. The van der Waals surface area contributed by atoms with Crippen LogP contribution in [0.2, 0.25) is 0 Å². The van der Waals surface area contributed by atoms with Crippen molar-refractivity contribution in [2.45, 2.75) is 38.1 Å². The summed E-state index contributed by atoms with van der Waals surface area (Å²) >= 11 is 0. The van der Waals surface area contributed by atoms with E-state index < -0.39 is 11.3 Å². The molecule has 3 aromatic rings. The van der Waals surface area contributed by atoms with Crippen LogP contribution in [-0.4, -0.2) is 28.3 Å². The lowest BCUT2D eigenvalue weighted by molar-refractivity contribution is 0.198. The fourth-order valence-electron chi connectivity index (χ4n) is 3.47. The average molecular weight is 457 g/mol. The normalized spacial score (nSPS) is 13.1. The number of aromatic hydroxyl groups is 1. The van der Waals surface area contributed by atoms with Gasteiger partial charge >= 0.3 is 0 Å². The zero-order valence-electron chi connectivity index (χ0n) is 19.0. The van der Waals surface area contributed by atoms with Gasteiger partial charge in [0.2, 0.25) is 5.75 Å². The standard InChI is InChI=1S/C23H20N4O2.C4H8O/c24-12-11-20(21-22(28)23(29)27-15-26-21)13-18-7-3-16(4-8-18)1-2-17-5-9-19(14-25)10-6-17;1-2-4-5-3-1/h3-10,15,20,28H,11,13-14,25H2,(H,26,27,29);1-4H2. The van der Waals surface area contributed by atoms with E-state index in [1.807, 2.05) is 48.5 Å². The number of hydrogen-bond donors (Lipinski definition) is 3. The first-order valence-electron chi connectivity index (χ1n) is 11.2. The molecular weight excluding hydrogens is 428 g/mol. The fourth-order valence-corrected chi connectivity index (χ4v) is 3.47. The van der Waals surface area contributed by atoms with Gasteiger partial charge in [0.25, 0.3) is 5.56 Å². The van der Waals surface area contributed by atoms with Gasteiger partial charge in [0.05, 0.1) is 18.1 Å². The van der Waals surface area contributed by atoms with E-state index in [4.69, 9.17) is 15.7 Å². The molecule has 34 heavy (non-hydrogen) atoms. The van der Waals surface area contributed by atoms with Crippen LogP contribution in [0.3, 0.4) is 0 Å². The second-order valence-corrected chi connectivity index (χ2v) is 7.90. The van der Waals surface area contributed by atoms with Crippen molar-refractivity contribution in [2.24, 2.45) is 5.73 Å². The van der Waals surface area contributed by atoms with Gasteiger partial charge < -0.3 is 20.6 Å². The van der Waals surface area contributed by atoms with Crippen molar-refractivity contribution < 1.29 is 9.84 Å². The molecule has 1 saturated heterocycles. The lowest BCUT2D eigenvalue weighted by Crippen LogP contribution is -2.13. The van der Waals surface area contributed by atoms with Crippen LogP contribution in [0.5, 0.6) is 5.75 Å². The molecule has 0 amide bonds. The minimum atomic E-state index is -0.608. The highest BCUT2D eigenvalue weighted by atomic mass is 16.5. The van der Waals surface area contributed by atoms with Crippen molar-refractivity contribution in [1.82, 2.24) is 9.97 Å². The summed E-state index contributed by atoms with van der Waals surface area (Å²) in [7, 11) is 0. The number of aromatic amines is 1. The van der Waals surface area contributed by atoms with Crippen LogP contribution in [0, 0.1) is 23.2 Å². The lowest BCUT2D eigenvalue weighted by Gasteiger charge is -2.14. The largest absolute Gasteiger partial charge is 0.502 e. The van der Waals surface area contributed by atoms with E-state index in [0.29, 0.717) is 13.0 Å². The molecule has 0 spiro atoms. The second-order valence-electron chi connectivity index (χ2n) is 7.90. The summed E-state index contributed by atoms with van der Waals surface area (Å²) in [5.74, 6) is 5.43. The Morgan fingerprint density at radius 2 is 1.62 bits per heavy atom. The topological polar surface area (TPSA) is 125 Å². The number of nitriles is 1. The molecule has 7 heteroatoms. The lowest BCUT2D eigenvalue weighted by atomic mass is 9.92. The zero-order chi connectivity index (χ0) is 24.2. The molecule has 0 saturated carbocycles. The van der Waals surface area contributed by atoms with E-state index in [-0.39, 0.29) is 18.0 Å². The molecule has 0 bridgehead atoms. The van der Waals surface area contributed by atoms with E-state index in [0.717, 1.165) is 35.5 Å². The molecule has 2 heterocycles. The van der Waals surface area contributed by atoms with E-state index >= 15 is 0 Å². The molecule has 174 valence electrons. The minimum absolute atomic E-state index is 0.143. The number of ether oxygens (including phenoxy) is 1. The summed E-state index contributed by atoms with van der Waals surface area (Å²) in [6, 6.07) is 17.6. The number of H-pyrrole nitrogens is 1. The predicted molar refractivity (Wildman–Crippen MR) is 130 cm³/mol. The maximum Gasteiger partial charge on any atom is 0.293 e. The Balaban J connectivity index is 0.000000574. The number of rotatable bonds is 5. The SMILES string of the molecule is C1CCOC1.N#CCC(Cc1ccc(C#Cc2ccc(CN)cc2)cc1)c1nc[nH]c(=O)c1O. The minimum Gasteiger partial charge on any atom is -0.502 e. The van der Waals surface area contributed by atoms with Crippen molar-refractivity contribution in [1.29, 1.82) is 5.26 Å². The van der Waals surface area contributed by atoms with Gasteiger partial charge in [-0.3, -0.25) is 4.79 Å². The van der Waals surface area contributed by atoms with Gasteiger partial charge in [0, 0.05) is 43.2 Å². The van der Waals surface area contributed by atoms with Crippen molar-refractivity contribution in [3.05, 3.63) is 93.2 Å². The summed E-state index contributed by atoms with van der Waals surface area (Å²) in [4.78, 5) is 18.0. The summed E-state index contributed by atoms with van der Waals surface area (Å²) in [6.45, 7) is 2.51. The summed E-state index contributed by atoms with van der Waals surface area (Å²) in [5.41, 5.74) is 9.03. The van der Waals surface area contributed by atoms with Crippen LogP contribution < -0.4 is 11.3 Å². The predicted octanol–water partition coefficient (Wildman–Crippen LogP) is 3.37. The zero-order valence-corrected chi connectivity index (χ0v) is 19.0. The van der Waals surface area contributed by atoms with Gasteiger partial charge in [-0.2, -0.15) is 5.26 Å². The van der Waals surface area contributed by atoms with Crippen LogP contribution in [0.15, 0.2) is 59.7 Å². The molecule has 0 aliphatic carbocycles. The van der Waals surface area contributed by atoms with Gasteiger partial charge in [-0.1, -0.05) is 36.1 Å². The highest BCUT2D eigenvalue weighted by molar-refractivity contribution is 5.44. The number of nitrogens with zero attached hydrogens (tertiary/aromatic N) is 2. The quantitative estimate of drug-likeness (QED) is 0.506. The third-order valence-corrected chi connectivity index (χ3v) is 5.39. The fraction of sp³-hybridized carbons (Fsp3) is 0.296. The summed E-state index contributed by atoms with van der Waals surface area (Å²) < 4.78 is 4.94. The molecule has 0 radical (unpaired) electrons. The number of aromatic nitrogens is 2. The van der Waals surface area contributed by atoms with Crippen LogP contribution in [0.25, 0.3) is 0 Å². The molecule has 7 nitrogen and oxygen atoms in total. The van der Waals surface area contributed by atoms with Crippen LogP contribution in [0.1, 0.15) is 53.1 Å². The number of hydrogen-bond acceptors (Lipinski definition) is 6. The van der Waals surface area contributed by atoms with E-state index in [1.165, 1.54) is 19.2 Å². The number of benzene rings is 2. The highest BCUT2D eigenvalue weighted by Gasteiger charge is 2.19. The Labute approximate surface area is 199 Å². The Hall–Kier alpha value is -3.91. The summed E-state index contributed by atoms with van der Waals surface area (Å²) in [6.07, 6.45) is 4.41. The van der Waals surface area contributed by atoms with Crippen molar-refractivity contribution in [3.8, 4) is 23.7 Å². The molecule has 1 fully saturated rings. The number of nitrogens with two attached hydrogens (primary N) is 1. The smallest absolute Gasteiger partial charge is 0.293 e. The molecule has 4 N–H and O–H groups in total. The Bertz CT molecular complexity index is 1200. The van der Waals surface area contributed by atoms with Gasteiger partial charge in [0.15, 0.2) is 0 Å². The Morgan fingerprint density at radius 3 is 2.12 bits per heavy atom.